The highest BCUT2D eigenvalue weighted by atomic mass is 32.2. The number of likely N-dealkylation sites (tertiary alicyclic amines) is 1. The van der Waals surface area contributed by atoms with Crippen LogP contribution >= 0.6 is 0 Å². The van der Waals surface area contributed by atoms with Gasteiger partial charge >= 0.3 is 0 Å². The Balaban J connectivity index is 1.80. The lowest BCUT2D eigenvalue weighted by Gasteiger charge is -2.35. The molecule has 1 saturated heterocycles. The van der Waals surface area contributed by atoms with Crippen LogP contribution in [0.5, 0.6) is 0 Å². The zero-order valence-corrected chi connectivity index (χ0v) is 17.1. The van der Waals surface area contributed by atoms with Gasteiger partial charge in [0.05, 0.1) is 6.26 Å². The Morgan fingerprint density at radius 1 is 1.03 bits per heavy atom. The number of nitrogens with zero attached hydrogens (tertiary/aromatic N) is 1. The van der Waals surface area contributed by atoms with Crippen molar-refractivity contribution in [1.29, 1.82) is 0 Å². The van der Waals surface area contributed by atoms with Gasteiger partial charge in [0.2, 0.25) is 15.9 Å². The number of nitrogens with one attached hydrogen (secondary N) is 2. The molecule has 1 heterocycles. The first kappa shape index (κ1) is 21.0. The Morgan fingerprint density at radius 2 is 1.66 bits per heavy atom. The Labute approximate surface area is 171 Å². The molecule has 2 aromatic carbocycles. The molecule has 2 amide bonds. The molecular weight excluding hydrogens is 390 g/mol. The fraction of sp³-hybridized carbons (Fsp3) is 0.333. The van der Waals surface area contributed by atoms with Gasteiger partial charge in [-0.2, -0.15) is 0 Å². The van der Waals surface area contributed by atoms with Gasteiger partial charge in [-0.3, -0.25) is 9.59 Å². The van der Waals surface area contributed by atoms with Crippen LogP contribution in [0.25, 0.3) is 0 Å². The monoisotopic (exact) mass is 415 g/mol. The fourth-order valence-corrected chi connectivity index (χ4v) is 4.29. The minimum atomic E-state index is -3.36. The molecule has 2 atom stereocenters. The second kappa shape index (κ2) is 9.19. The topological polar surface area (TPSA) is 95.6 Å². The second-order valence-corrected chi connectivity index (χ2v) is 8.98. The minimum Gasteiger partial charge on any atom is -0.339 e. The molecule has 0 unspecified atom stereocenters. The standard InChI is InChI=1S/C21H25N3O4S/c1-29(27,28)23-18-13-8-14-24(15-18)21(26)19(16-9-4-2-5-10-16)22-20(25)17-11-6-3-7-12-17/h2-7,9-12,18-19,23H,8,13-15H2,1H3,(H,22,25)/t18-,19+/m0/s1. The maximum Gasteiger partial charge on any atom is 0.252 e. The van der Waals surface area contributed by atoms with Crippen molar-refractivity contribution in [1.82, 2.24) is 14.9 Å². The zero-order chi connectivity index (χ0) is 20.9. The summed E-state index contributed by atoms with van der Waals surface area (Å²) in [5, 5.41) is 2.84. The maximum atomic E-state index is 13.3. The van der Waals surface area contributed by atoms with Gasteiger partial charge in [0.15, 0.2) is 0 Å². The lowest BCUT2D eigenvalue weighted by atomic mass is 10.0. The van der Waals surface area contributed by atoms with Crippen LogP contribution in [0.15, 0.2) is 60.7 Å². The molecule has 1 aliphatic heterocycles. The van der Waals surface area contributed by atoms with Crippen molar-refractivity contribution in [2.75, 3.05) is 19.3 Å². The van der Waals surface area contributed by atoms with E-state index in [0.29, 0.717) is 30.5 Å². The van der Waals surface area contributed by atoms with E-state index in [1.807, 2.05) is 24.3 Å². The Hall–Kier alpha value is -2.71. The summed E-state index contributed by atoms with van der Waals surface area (Å²) in [6, 6.07) is 16.6. The zero-order valence-electron chi connectivity index (χ0n) is 16.2. The SMILES string of the molecule is CS(=O)(=O)N[C@H]1CCCN(C(=O)[C@H](NC(=O)c2ccccc2)c2ccccc2)C1. The molecular formula is C21H25N3O4S. The molecule has 8 heteroatoms. The molecule has 0 radical (unpaired) electrons. The summed E-state index contributed by atoms with van der Waals surface area (Å²) in [7, 11) is -3.36. The molecule has 0 bridgehead atoms. The molecule has 7 nitrogen and oxygen atoms in total. The third-order valence-electron chi connectivity index (χ3n) is 4.81. The van der Waals surface area contributed by atoms with Crippen molar-refractivity contribution in [2.45, 2.75) is 24.9 Å². The maximum absolute atomic E-state index is 13.3. The van der Waals surface area contributed by atoms with Gasteiger partial charge in [-0.1, -0.05) is 48.5 Å². The first-order valence-electron chi connectivity index (χ1n) is 9.50. The largest absolute Gasteiger partial charge is 0.339 e. The third kappa shape index (κ3) is 5.88. The van der Waals surface area contributed by atoms with E-state index in [1.54, 1.807) is 41.3 Å². The molecule has 2 N–H and O–H groups in total. The highest BCUT2D eigenvalue weighted by Gasteiger charge is 2.32. The van der Waals surface area contributed by atoms with E-state index in [1.165, 1.54) is 0 Å². The number of amides is 2. The summed E-state index contributed by atoms with van der Waals surface area (Å²) in [5.41, 5.74) is 1.15. The number of hydrogen-bond acceptors (Lipinski definition) is 4. The smallest absolute Gasteiger partial charge is 0.252 e. The number of hydrogen-bond donors (Lipinski definition) is 2. The van der Waals surface area contributed by atoms with E-state index in [4.69, 9.17) is 0 Å². The van der Waals surface area contributed by atoms with E-state index in [0.717, 1.165) is 6.26 Å². The van der Waals surface area contributed by atoms with Gasteiger partial charge in [0.25, 0.3) is 5.91 Å². The van der Waals surface area contributed by atoms with E-state index in [-0.39, 0.29) is 24.4 Å². The lowest BCUT2D eigenvalue weighted by molar-refractivity contribution is -0.134. The predicted octanol–water partition coefficient (Wildman–Crippen LogP) is 1.70. The average molecular weight is 416 g/mol. The Kier molecular flexibility index (Phi) is 6.66. The average Bonchev–Trinajstić information content (AvgIpc) is 2.71. The van der Waals surface area contributed by atoms with Crippen LogP contribution in [-0.2, 0) is 14.8 Å². The number of carbonyl (C=O) groups is 2. The van der Waals surface area contributed by atoms with E-state index in [9.17, 15) is 18.0 Å². The number of benzene rings is 2. The summed E-state index contributed by atoms with van der Waals surface area (Å²) in [5.74, 6) is -0.587. The van der Waals surface area contributed by atoms with Gasteiger partial charge in [0, 0.05) is 24.7 Å². The van der Waals surface area contributed by atoms with Crippen LogP contribution in [0.1, 0.15) is 34.8 Å². The lowest BCUT2D eigenvalue weighted by Crippen LogP contribution is -2.52. The number of rotatable bonds is 6. The van der Waals surface area contributed by atoms with Gasteiger partial charge < -0.3 is 10.2 Å². The van der Waals surface area contributed by atoms with Crippen molar-refractivity contribution >= 4 is 21.8 Å². The van der Waals surface area contributed by atoms with Gasteiger partial charge in [-0.25, -0.2) is 13.1 Å². The molecule has 0 aromatic heterocycles. The summed E-state index contributed by atoms with van der Waals surface area (Å²) < 4.78 is 25.7. The van der Waals surface area contributed by atoms with E-state index in [2.05, 4.69) is 10.0 Å². The molecule has 0 aliphatic carbocycles. The fourth-order valence-electron chi connectivity index (χ4n) is 3.50. The second-order valence-electron chi connectivity index (χ2n) is 7.20. The van der Waals surface area contributed by atoms with Crippen LogP contribution in [0.3, 0.4) is 0 Å². The van der Waals surface area contributed by atoms with Crippen LogP contribution in [0, 0.1) is 0 Å². The van der Waals surface area contributed by atoms with Crippen LogP contribution in [-0.4, -0.2) is 50.5 Å². The highest BCUT2D eigenvalue weighted by molar-refractivity contribution is 7.88. The summed E-state index contributed by atoms with van der Waals surface area (Å²) in [6.45, 7) is 0.793. The number of carbonyl (C=O) groups excluding carboxylic acids is 2. The van der Waals surface area contributed by atoms with Crippen molar-refractivity contribution in [2.24, 2.45) is 0 Å². The molecule has 1 aliphatic rings. The first-order chi connectivity index (χ1) is 13.8. The number of piperidine rings is 1. The third-order valence-corrected chi connectivity index (χ3v) is 5.57. The molecule has 154 valence electrons. The molecule has 0 spiro atoms. The molecule has 1 fully saturated rings. The van der Waals surface area contributed by atoms with E-state index < -0.39 is 16.1 Å². The molecule has 0 saturated carbocycles. The van der Waals surface area contributed by atoms with E-state index >= 15 is 0 Å². The van der Waals surface area contributed by atoms with Crippen molar-refractivity contribution < 1.29 is 18.0 Å². The quantitative estimate of drug-likeness (QED) is 0.751. The van der Waals surface area contributed by atoms with Gasteiger partial charge in [-0.15, -0.1) is 0 Å². The summed E-state index contributed by atoms with van der Waals surface area (Å²) >= 11 is 0. The van der Waals surface area contributed by atoms with Crippen molar-refractivity contribution in [3.8, 4) is 0 Å². The normalized spacial score (nSPS) is 18.1. The van der Waals surface area contributed by atoms with Crippen LogP contribution in [0.2, 0.25) is 0 Å². The summed E-state index contributed by atoms with van der Waals surface area (Å²) in [6.07, 6.45) is 2.47. The summed E-state index contributed by atoms with van der Waals surface area (Å²) in [4.78, 5) is 27.6. The highest BCUT2D eigenvalue weighted by Crippen LogP contribution is 2.20. The van der Waals surface area contributed by atoms with Gasteiger partial charge in [-0.05, 0) is 30.5 Å². The number of sulfonamides is 1. The first-order valence-corrected chi connectivity index (χ1v) is 11.4. The predicted molar refractivity (Wildman–Crippen MR) is 111 cm³/mol. The minimum absolute atomic E-state index is 0.250. The molecule has 3 rings (SSSR count). The Morgan fingerprint density at radius 3 is 2.28 bits per heavy atom. The van der Waals surface area contributed by atoms with Crippen molar-refractivity contribution in [3.63, 3.8) is 0 Å². The van der Waals surface area contributed by atoms with Crippen molar-refractivity contribution in [3.05, 3.63) is 71.8 Å². The van der Waals surface area contributed by atoms with Crippen LogP contribution < -0.4 is 10.0 Å². The van der Waals surface area contributed by atoms with Crippen LogP contribution in [0.4, 0.5) is 0 Å². The molecule has 29 heavy (non-hydrogen) atoms. The van der Waals surface area contributed by atoms with Gasteiger partial charge in [0.1, 0.15) is 6.04 Å². The Bertz CT molecular complexity index is 948. The molecule has 2 aromatic rings.